The van der Waals surface area contributed by atoms with Crippen molar-refractivity contribution >= 4 is 11.9 Å². The number of carbonyl (C=O) groups is 1. The Morgan fingerprint density at radius 3 is 2.62 bits per heavy atom. The van der Waals surface area contributed by atoms with Gasteiger partial charge >= 0.3 is 5.97 Å². The van der Waals surface area contributed by atoms with Gasteiger partial charge in [-0.1, -0.05) is 12.1 Å². The number of methoxy groups -OCH3 is 2. The Balaban J connectivity index is 1.68. The van der Waals surface area contributed by atoms with E-state index in [-0.39, 0.29) is 6.79 Å². The first-order valence-electron chi connectivity index (χ1n) is 9.30. The summed E-state index contributed by atoms with van der Waals surface area (Å²) in [5.74, 6) is 2.20. The first-order chi connectivity index (χ1) is 14.1. The largest absolute Gasteiger partial charge is 0.496 e. The normalized spacial score (nSPS) is 12.4. The molecule has 0 bridgehead atoms. The number of hydrogen-bond acceptors (Lipinski definition) is 6. The molecule has 0 saturated heterocycles. The first kappa shape index (κ1) is 20.3. The maximum absolute atomic E-state index is 11.9. The second-order valence-corrected chi connectivity index (χ2v) is 6.26. The number of nitrogens with zero attached hydrogens (tertiary/aromatic N) is 1. The Morgan fingerprint density at radius 2 is 1.86 bits per heavy atom. The number of fused-ring (bicyclic) bond motifs is 1. The minimum Gasteiger partial charge on any atom is -0.496 e. The Kier molecular flexibility index (Phi) is 6.78. The van der Waals surface area contributed by atoms with Gasteiger partial charge in [-0.15, -0.1) is 0 Å². The summed E-state index contributed by atoms with van der Waals surface area (Å²) in [7, 11) is 2.86. The maximum atomic E-state index is 11.9. The summed E-state index contributed by atoms with van der Waals surface area (Å²) in [5.41, 5.74) is 2.30. The number of rotatable bonds is 7. The van der Waals surface area contributed by atoms with Crippen molar-refractivity contribution in [1.82, 2.24) is 10.6 Å². The van der Waals surface area contributed by atoms with Crippen LogP contribution in [0.15, 0.2) is 41.4 Å². The van der Waals surface area contributed by atoms with Crippen LogP contribution in [0, 0.1) is 0 Å². The van der Waals surface area contributed by atoms with Crippen molar-refractivity contribution in [3.8, 4) is 17.2 Å². The maximum Gasteiger partial charge on any atom is 0.341 e. The van der Waals surface area contributed by atoms with Crippen LogP contribution in [0.3, 0.4) is 0 Å². The number of esters is 1. The van der Waals surface area contributed by atoms with Gasteiger partial charge in [0.25, 0.3) is 0 Å². The molecule has 0 amide bonds. The molecular formula is C21H25N3O5. The molecule has 0 saturated carbocycles. The van der Waals surface area contributed by atoms with Crippen molar-refractivity contribution in [2.24, 2.45) is 4.99 Å². The molecule has 8 nitrogen and oxygen atoms in total. The average Bonchev–Trinajstić information content (AvgIpc) is 3.22. The van der Waals surface area contributed by atoms with E-state index in [9.17, 15) is 4.79 Å². The van der Waals surface area contributed by atoms with E-state index in [0.717, 1.165) is 29.2 Å². The van der Waals surface area contributed by atoms with Crippen LogP contribution in [0.2, 0.25) is 0 Å². The Labute approximate surface area is 169 Å². The van der Waals surface area contributed by atoms with Crippen LogP contribution in [0.4, 0.5) is 0 Å². The number of aliphatic imine (C=N–C) groups is 1. The summed E-state index contributed by atoms with van der Waals surface area (Å²) in [5, 5.41) is 6.51. The van der Waals surface area contributed by atoms with E-state index < -0.39 is 5.97 Å². The topological polar surface area (TPSA) is 90.4 Å². The molecule has 2 N–H and O–H groups in total. The van der Waals surface area contributed by atoms with E-state index in [1.807, 2.05) is 31.2 Å². The molecule has 0 radical (unpaired) electrons. The van der Waals surface area contributed by atoms with Crippen LogP contribution in [0.1, 0.15) is 28.4 Å². The van der Waals surface area contributed by atoms with Gasteiger partial charge in [0.1, 0.15) is 11.3 Å². The highest BCUT2D eigenvalue weighted by Gasteiger charge is 2.14. The number of carbonyl (C=O) groups excluding carboxylic acids is 1. The quantitative estimate of drug-likeness (QED) is 0.420. The summed E-state index contributed by atoms with van der Waals surface area (Å²) < 4.78 is 20.8. The fraction of sp³-hybridized carbons (Fsp3) is 0.333. The highest BCUT2D eigenvalue weighted by Crippen LogP contribution is 2.32. The first-order valence-corrected chi connectivity index (χ1v) is 9.30. The summed E-state index contributed by atoms with van der Waals surface area (Å²) in [6, 6.07) is 11.2. The van der Waals surface area contributed by atoms with Crippen LogP contribution < -0.4 is 24.8 Å². The van der Waals surface area contributed by atoms with E-state index in [2.05, 4.69) is 15.6 Å². The zero-order valence-electron chi connectivity index (χ0n) is 16.8. The number of nitrogens with one attached hydrogen (secondary N) is 2. The number of benzene rings is 2. The van der Waals surface area contributed by atoms with Crippen LogP contribution in [-0.2, 0) is 17.8 Å². The summed E-state index contributed by atoms with van der Waals surface area (Å²) in [6.45, 7) is 3.96. The molecule has 2 aromatic carbocycles. The van der Waals surface area contributed by atoms with Gasteiger partial charge in [-0.05, 0) is 42.3 Å². The number of hydrogen-bond donors (Lipinski definition) is 2. The second kappa shape index (κ2) is 9.68. The van der Waals surface area contributed by atoms with Crippen molar-refractivity contribution in [3.63, 3.8) is 0 Å². The molecule has 0 unspecified atom stereocenters. The molecule has 1 aliphatic rings. The molecule has 0 fully saturated rings. The highest BCUT2D eigenvalue weighted by atomic mass is 16.7. The fourth-order valence-corrected chi connectivity index (χ4v) is 2.87. The fourth-order valence-electron chi connectivity index (χ4n) is 2.87. The Morgan fingerprint density at radius 1 is 1.07 bits per heavy atom. The summed E-state index contributed by atoms with van der Waals surface area (Å²) in [6.07, 6.45) is 0. The van der Waals surface area contributed by atoms with Gasteiger partial charge in [-0.25, -0.2) is 9.79 Å². The lowest BCUT2D eigenvalue weighted by molar-refractivity contribution is 0.0597. The Hall–Kier alpha value is -3.42. The van der Waals surface area contributed by atoms with Crippen molar-refractivity contribution in [3.05, 3.63) is 53.1 Å². The van der Waals surface area contributed by atoms with Crippen LogP contribution in [0.5, 0.6) is 17.2 Å². The van der Waals surface area contributed by atoms with Gasteiger partial charge in [0, 0.05) is 13.1 Å². The average molecular weight is 399 g/mol. The lowest BCUT2D eigenvalue weighted by Gasteiger charge is -2.12. The predicted molar refractivity (Wildman–Crippen MR) is 109 cm³/mol. The molecular weight excluding hydrogens is 374 g/mol. The standard InChI is InChI=1S/C21H25N3O5/c1-4-22-21(24-12-15-6-8-18-19(10-15)29-13-28-18)23-11-14-5-7-17(26-2)16(9-14)20(25)27-3/h5-10H,4,11-13H2,1-3H3,(H2,22,23,24). The van der Waals surface area contributed by atoms with Crippen LogP contribution in [-0.4, -0.2) is 39.5 Å². The third kappa shape index (κ3) is 5.10. The van der Waals surface area contributed by atoms with E-state index in [4.69, 9.17) is 18.9 Å². The summed E-state index contributed by atoms with van der Waals surface area (Å²) >= 11 is 0. The van der Waals surface area contributed by atoms with Crippen molar-refractivity contribution in [2.45, 2.75) is 20.0 Å². The monoisotopic (exact) mass is 399 g/mol. The molecule has 29 heavy (non-hydrogen) atoms. The molecule has 2 aromatic rings. The smallest absolute Gasteiger partial charge is 0.341 e. The lowest BCUT2D eigenvalue weighted by Crippen LogP contribution is -2.36. The molecule has 8 heteroatoms. The molecule has 154 valence electrons. The molecule has 0 aliphatic carbocycles. The zero-order valence-corrected chi connectivity index (χ0v) is 16.8. The molecule has 1 aliphatic heterocycles. The van der Waals surface area contributed by atoms with Crippen molar-refractivity contribution in [1.29, 1.82) is 0 Å². The SMILES string of the molecule is CCNC(=NCc1ccc(OC)c(C(=O)OC)c1)NCc1ccc2c(c1)OCO2. The van der Waals surface area contributed by atoms with Crippen LogP contribution in [0.25, 0.3) is 0 Å². The predicted octanol–water partition coefficient (Wildman–Crippen LogP) is 2.47. The summed E-state index contributed by atoms with van der Waals surface area (Å²) in [4.78, 5) is 16.5. The van der Waals surface area contributed by atoms with Gasteiger partial charge in [0.15, 0.2) is 17.5 Å². The van der Waals surface area contributed by atoms with Gasteiger partial charge in [-0.2, -0.15) is 0 Å². The number of ether oxygens (including phenoxy) is 4. The zero-order chi connectivity index (χ0) is 20.6. The van der Waals surface area contributed by atoms with Crippen LogP contribution >= 0.6 is 0 Å². The van der Waals surface area contributed by atoms with Crippen molar-refractivity contribution in [2.75, 3.05) is 27.6 Å². The molecule has 0 atom stereocenters. The van der Waals surface area contributed by atoms with Gasteiger partial charge in [0.2, 0.25) is 6.79 Å². The minimum atomic E-state index is -0.444. The van der Waals surface area contributed by atoms with Gasteiger partial charge in [0.05, 0.1) is 20.8 Å². The third-order valence-electron chi connectivity index (χ3n) is 4.33. The third-order valence-corrected chi connectivity index (χ3v) is 4.33. The van der Waals surface area contributed by atoms with Crippen molar-refractivity contribution < 1.29 is 23.7 Å². The van der Waals surface area contributed by atoms with E-state index in [1.165, 1.54) is 14.2 Å². The minimum absolute atomic E-state index is 0.256. The lowest BCUT2D eigenvalue weighted by atomic mass is 10.1. The van der Waals surface area contributed by atoms with E-state index >= 15 is 0 Å². The molecule has 3 rings (SSSR count). The molecule has 1 heterocycles. The number of guanidine groups is 1. The van der Waals surface area contributed by atoms with Gasteiger partial charge in [-0.3, -0.25) is 0 Å². The van der Waals surface area contributed by atoms with Gasteiger partial charge < -0.3 is 29.6 Å². The van der Waals surface area contributed by atoms with E-state index in [1.54, 1.807) is 12.1 Å². The van der Waals surface area contributed by atoms with E-state index in [0.29, 0.717) is 30.4 Å². The Bertz CT molecular complexity index is 898. The highest BCUT2D eigenvalue weighted by molar-refractivity contribution is 5.92. The molecule has 0 aromatic heterocycles. The second-order valence-electron chi connectivity index (χ2n) is 6.26. The molecule has 0 spiro atoms.